The van der Waals surface area contributed by atoms with Crippen molar-refractivity contribution < 1.29 is 21.5 Å². The third-order valence-electron chi connectivity index (χ3n) is 1.69. The second-order valence-corrected chi connectivity index (χ2v) is 2.58. The van der Waals surface area contributed by atoms with Crippen molar-refractivity contribution in [3.05, 3.63) is 18.7 Å². The first-order valence-electron chi connectivity index (χ1n) is 3.70. The molecule has 0 aromatic carbocycles. The molecular weight excluding hydrogens is 218 g/mol. The van der Waals surface area contributed by atoms with Crippen molar-refractivity contribution in [3.63, 3.8) is 0 Å². The van der Waals surface area contributed by atoms with Crippen LogP contribution in [-0.4, -0.2) is 4.57 Å². The van der Waals surface area contributed by atoms with Crippen LogP contribution in [0.5, 0.6) is 0 Å². The molecule has 4 heteroatoms. The Morgan fingerprint density at radius 1 is 1.67 bits per heavy atom. The van der Waals surface area contributed by atoms with E-state index in [9.17, 15) is 0 Å². The summed E-state index contributed by atoms with van der Waals surface area (Å²) in [5.41, 5.74) is 0. The number of halogens is 1. The summed E-state index contributed by atoms with van der Waals surface area (Å²) in [5, 5.41) is 8.71. The number of nitrogens with zero attached hydrogens (tertiary/aromatic N) is 3. The van der Waals surface area contributed by atoms with Gasteiger partial charge in [-0.05, 0) is 6.42 Å². The van der Waals surface area contributed by atoms with Crippen LogP contribution >= 0.6 is 0 Å². The molecule has 0 saturated heterocycles. The fraction of sp³-hybridized carbons (Fsp3) is 0.500. The van der Waals surface area contributed by atoms with Crippen molar-refractivity contribution in [2.45, 2.75) is 19.4 Å². The third kappa shape index (κ3) is 2.35. The van der Waals surface area contributed by atoms with E-state index in [2.05, 4.69) is 6.07 Å². The Bertz CT molecular complexity index is 274. The molecule has 1 aromatic rings. The first-order chi connectivity index (χ1) is 5.27. The van der Waals surface area contributed by atoms with E-state index in [4.69, 9.17) is 5.26 Å². The smallest absolute Gasteiger partial charge is 0.244 e. The SMILES string of the molecule is CCC(C#N)[n+]1ccn(C)c1.[Br-]. The molecule has 1 aromatic heterocycles. The molecule has 0 aliphatic rings. The average molecular weight is 230 g/mol. The van der Waals surface area contributed by atoms with E-state index in [1.807, 2.05) is 41.8 Å². The molecular formula is C8H12BrN3. The quantitative estimate of drug-likeness (QED) is 0.530. The Kier molecular flexibility index (Phi) is 4.60. The highest BCUT2D eigenvalue weighted by atomic mass is 79.9. The molecule has 12 heavy (non-hydrogen) atoms. The average Bonchev–Trinajstić information content (AvgIpc) is 2.39. The predicted octanol–water partition coefficient (Wildman–Crippen LogP) is -2.21. The molecule has 0 aliphatic carbocycles. The number of rotatable bonds is 2. The molecule has 0 bridgehead atoms. The van der Waals surface area contributed by atoms with Crippen molar-refractivity contribution in [2.24, 2.45) is 7.05 Å². The summed E-state index contributed by atoms with van der Waals surface area (Å²) in [6, 6.07) is 2.21. The summed E-state index contributed by atoms with van der Waals surface area (Å²) in [6.45, 7) is 2.01. The molecule has 0 amide bonds. The molecule has 0 N–H and O–H groups in total. The van der Waals surface area contributed by atoms with E-state index in [0.717, 1.165) is 6.42 Å². The lowest BCUT2D eigenvalue weighted by atomic mass is 10.2. The summed E-state index contributed by atoms with van der Waals surface area (Å²) < 4.78 is 3.85. The Hall–Kier alpha value is -0.820. The van der Waals surface area contributed by atoms with Crippen LogP contribution in [-0.2, 0) is 7.05 Å². The van der Waals surface area contributed by atoms with Crippen molar-refractivity contribution in [1.82, 2.24) is 4.57 Å². The molecule has 1 atom stereocenters. The van der Waals surface area contributed by atoms with E-state index in [0.29, 0.717) is 0 Å². The largest absolute Gasteiger partial charge is 1.00 e. The first-order valence-corrected chi connectivity index (χ1v) is 3.70. The van der Waals surface area contributed by atoms with Gasteiger partial charge in [0.2, 0.25) is 6.33 Å². The number of hydrogen-bond acceptors (Lipinski definition) is 1. The van der Waals surface area contributed by atoms with Crippen LogP contribution in [0.25, 0.3) is 0 Å². The normalized spacial score (nSPS) is 11.4. The van der Waals surface area contributed by atoms with E-state index in [1.54, 1.807) is 0 Å². The minimum Gasteiger partial charge on any atom is -1.00 e. The van der Waals surface area contributed by atoms with E-state index in [-0.39, 0.29) is 23.0 Å². The van der Waals surface area contributed by atoms with Crippen molar-refractivity contribution in [1.29, 1.82) is 5.26 Å². The maximum absolute atomic E-state index is 8.71. The van der Waals surface area contributed by atoms with E-state index < -0.39 is 0 Å². The zero-order chi connectivity index (χ0) is 8.27. The standard InChI is InChI=1S/C8H12N3.BrH/c1-3-8(6-9)11-5-4-10(2)7-11;/h4-5,7-8H,3H2,1-2H3;1H/q+1;/p-1. The summed E-state index contributed by atoms with van der Waals surface area (Å²) in [4.78, 5) is 0. The molecule has 0 saturated carbocycles. The molecule has 0 fully saturated rings. The fourth-order valence-corrected chi connectivity index (χ4v) is 1.02. The maximum Gasteiger partial charge on any atom is 0.244 e. The third-order valence-corrected chi connectivity index (χ3v) is 1.69. The van der Waals surface area contributed by atoms with Gasteiger partial charge in [0.15, 0.2) is 6.04 Å². The number of aromatic nitrogens is 2. The van der Waals surface area contributed by atoms with Gasteiger partial charge in [-0.15, -0.1) is 0 Å². The van der Waals surface area contributed by atoms with Crippen LogP contribution in [0.3, 0.4) is 0 Å². The van der Waals surface area contributed by atoms with Gasteiger partial charge in [0, 0.05) is 0 Å². The molecule has 0 spiro atoms. The molecule has 66 valence electrons. The predicted molar refractivity (Wildman–Crippen MR) is 40.5 cm³/mol. The van der Waals surface area contributed by atoms with Gasteiger partial charge in [0.05, 0.1) is 7.05 Å². The minimum atomic E-state index is -0.0174. The molecule has 1 heterocycles. The van der Waals surface area contributed by atoms with Gasteiger partial charge < -0.3 is 17.0 Å². The highest BCUT2D eigenvalue weighted by Gasteiger charge is 2.11. The van der Waals surface area contributed by atoms with Gasteiger partial charge in [-0.2, -0.15) is 5.26 Å². The maximum atomic E-state index is 8.71. The van der Waals surface area contributed by atoms with Gasteiger partial charge in [-0.3, -0.25) is 0 Å². The van der Waals surface area contributed by atoms with Gasteiger partial charge in [0.25, 0.3) is 0 Å². The second-order valence-electron chi connectivity index (χ2n) is 2.58. The van der Waals surface area contributed by atoms with Gasteiger partial charge in [-0.25, -0.2) is 9.13 Å². The lowest BCUT2D eigenvalue weighted by Crippen LogP contribution is -3.00. The molecule has 3 nitrogen and oxygen atoms in total. The molecule has 0 radical (unpaired) electrons. The zero-order valence-corrected chi connectivity index (χ0v) is 8.82. The fourth-order valence-electron chi connectivity index (χ4n) is 1.02. The summed E-state index contributed by atoms with van der Waals surface area (Å²) in [5.74, 6) is 0. The summed E-state index contributed by atoms with van der Waals surface area (Å²) in [6.07, 6.45) is 6.61. The molecule has 1 unspecified atom stereocenters. The number of nitriles is 1. The highest BCUT2D eigenvalue weighted by Crippen LogP contribution is 1.98. The Morgan fingerprint density at radius 3 is 2.67 bits per heavy atom. The highest BCUT2D eigenvalue weighted by molar-refractivity contribution is 4.78. The van der Waals surface area contributed by atoms with Crippen LogP contribution in [0.1, 0.15) is 19.4 Å². The van der Waals surface area contributed by atoms with Crippen molar-refractivity contribution >= 4 is 0 Å². The van der Waals surface area contributed by atoms with Crippen LogP contribution in [0.2, 0.25) is 0 Å². The summed E-state index contributed by atoms with van der Waals surface area (Å²) >= 11 is 0. The first kappa shape index (κ1) is 11.2. The Balaban J connectivity index is 0.00000121. The minimum absolute atomic E-state index is 0. The summed E-state index contributed by atoms with van der Waals surface area (Å²) in [7, 11) is 1.95. The number of hydrogen-bond donors (Lipinski definition) is 0. The molecule has 0 aliphatic heterocycles. The lowest BCUT2D eigenvalue weighted by Gasteiger charge is -1.98. The molecule has 1 rings (SSSR count). The number of imidazole rings is 1. The second kappa shape index (κ2) is 4.94. The van der Waals surface area contributed by atoms with Crippen LogP contribution in [0, 0.1) is 11.3 Å². The zero-order valence-electron chi connectivity index (χ0n) is 7.24. The van der Waals surface area contributed by atoms with Gasteiger partial charge >= 0.3 is 0 Å². The Labute approximate surface area is 83.0 Å². The van der Waals surface area contributed by atoms with Gasteiger partial charge in [-0.1, -0.05) is 6.92 Å². The Morgan fingerprint density at radius 2 is 2.33 bits per heavy atom. The van der Waals surface area contributed by atoms with E-state index >= 15 is 0 Å². The van der Waals surface area contributed by atoms with Gasteiger partial charge in [0.1, 0.15) is 18.5 Å². The number of aryl methyl sites for hydroxylation is 1. The van der Waals surface area contributed by atoms with Crippen LogP contribution < -0.4 is 21.5 Å². The topological polar surface area (TPSA) is 32.6 Å². The van der Waals surface area contributed by atoms with Crippen LogP contribution in [0.15, 0.2) is 18.7 Å². The van der Waals surface area contributed by atoms with E-state index in [1.165, 1.54) is 0 Å². The van der Waals surface area contributed by atoms with Crippen molar-refractivity contribution in [3.8, 4) is 6.07 Å². The lowest BCUT2D eigenvalue weighted by molar-refractivity contribution is -0.709. The monoisotopic (exact) mass is 229 g/mol. The van der Waals surface area contributed by atoms with Crippen LogP contribution in [0.4, 0.5) is 0 Å². The van der Waals surface area contributed by atoms with Crippen molar-refractivity contribution in [2.75, 3.05) is 0 Å².